The van der Waals surface area contributed by atoms with Gasteiger partial charge in [-0.15, -0.1) is 0 Å². The van der Waals surface area contributed by atoms with Gasteiger partial charge < -0.3 is 9.47 Å². The van der Waals surface area contributed by atoms with Gasteiger partial charge >= 0.3 is 0 Å². The minimum Gasteiger partial charge on any atom is -0.349 e. The Labute approximate surface area is 52.9 Å². The third kappa shape index (κ3) is 0.686. The molecule has 3 nitrogen and oxygen atoms in total. The summed E-state index contributed by atoms with van der Waals surface area (Å²) in [7, 11) is 0. The largest absolute Gasteiger partial charge is 0.349 e. The van der Waals surface area contributed by atoms with Crippen molar-refractivity contribution in [3.8, 4) is 0 Å². The van der Waals surface area contributed by atoms with Gasteiger partial charge in [0.25, 0.3) is 0 Å². The van der Waals surface area contributed by atoms with Crippen molar-refractivity contribution in [3.63, 3.8) is 0 Å². The molecule has 0 amide bonds. The smallest absolute Gasteiger partial charge is 0.164 e. The first-order chi connectivity index (χ1) is 4.38. The van der Waals surface area contributed by atoms with Crippen molar-refractivity contribution in [2.45, 2.75) is 25.0 Å². The maximum absolute atomic E-state index is 10.9. The lowest BCUT2D eigenvalue weighted by molar-refractivity contribution is -0.125. The summed E-state index contributed by atoms with van der Waals surface area (Å²) in [5.41, 5.74) is 0. The zero-order valence-corrected chi connectivity index (χ0v) is 5.00. The SMILES string of the molecule is O=C1CCC2OCOC12. The van der Waals surface area contributed by atoms with E-state index >= 15 is 0 Å². The van der Waals surface area contributed by atoms with E-state index in [-0.39, 0.29) is 18.0 Å². The number of carbonyl (C=O) groups is 1. The van der Waals surface area contributed by atoms with E-state index in [9.17, 15) is 4.79 Å². The lowest BCUT2D eigenvalue weighted by atomic mass is 10.3. The fourth-order valence-corrected chi connectivity index (χ4v) is 1.36. The Morgan fingerprint density at radius 3 is 3.11 bits per heavy atom. The van der Waals surface area contributed by atoms with Gasteiger partial charge in [-0.2, -0.15) is 0 Å². The van der Waals surface area contributed by atoms with E-state index in [4.69, 9.17) is 9.47 Å². The first-order valence-corrected chi connectivity index (χ1v) is 3.14. The number of carbonyl (C=O) groups excluding carboxylic acids is 1. The molecule has 2 unspecified atom stereocenters. The van der Waals surface area contributed by atoms with E-state index in [0.29, 0.717) is 13.2 Å². The van der Waals surface area contributed by atoms with Crippen molar-refractivity contribution >= 4 is 5.78 Å². The van der Waals surface area contributed by atoms with Crippen molar-refractivity contribution in [1.29, 1.82) is 0 Å². The fourth-order valence-electron chi connectivity index (χ4n) is 1.36. The van der Waals surface area contributed by atoms with Crippen LogP contribution in [-0.4, -0.2) is 24.8 Å². The molecule has 1 aliphatic heterocycles. The Kier molecular flexibility index (Phi) is 1.07. The number of rotatable bonds is 0. The Balaban J connectivity index is 2.15. The molecule has 1 saturated carbocycles. The molecule has 9 heavy (non-hydrogen) atoms. The van der Waals surface area contributed by atoms with Crippen molar-refractivity contribution < 1.29 is 14.3 Å². The van der Waals surface area contributed by atoms with E-state index in [1.165, 1.54) is 0 Å². The van der Waals surface area contributed by atoms with Crippen LogP contribution in [0.15, 0.2) is 0 Å². The number of fused-ring (bicyclic) bond motifs is 1. The van der Waals surface area contributed by atoms with E-state index in [0.717, 1.165) is 6.42 Å². The zero-order valence-electron chi connectivity index (χ0n) is 5.00. The van der Waals surface area contributed by atoms with Crippen LogP contribution in [0, 0.1) is 0 Å². The number of hydrogen-bond donors (Lipinski definition) is 0. The molecule has 0 aromatic carbocycles. The number of ether oxygens (including phenoxy) is 2. The minimum atomic E-state index is -0.218. The molecule has 50 valence electrons. The highest BCUT2D eigenvalue weighted by Crippen LogP contribution is 2.26. The lowest BCUT2D eigenvalue weighted by Gasteiger charge is -2.00. The molecule has 1 aliphatic carbocycles. The van der Waals surface area contributed by atoms with Gasteiger partial charge in [0, 0.05) is 6.42 Å². The second-order valence-corrected chi connectivity index (χ2v) is 2.42. The van der Waals surface area contributed by atoms with Crippen LogP contribution >= 0.6 is 0 Å². The molecule has 0 N–H and O–H groups in total. The van der Waals surface area contributed by atoms with Crippen LogP contribution in [0.4, 0.5) is 0 Å². The van der Waals surface area contributed by atoms with Gasteiger partial charge in [0.15, 0.2) is 5.78 Å². The summed E-state index contributed by atoms with van der Waals surface area (Å²) >= 11 is 0. The van der Waals surface area contributed by atoms with Crippen LogP contribution in [0.1, 0.15) is 12.8 Å². The van der Waals surface area contributed by atoms with E-state index < -0.39 is 0 Å². The molecule has 0 aromatic heterocycles. The Hall–Kier alpha value is -0.410. The van der Waals surface area contributed by atoms with Crippen molar-refractivity contribution in [3.05, 3.63) is 0 Å². The Bertz CT molecular complexity index is 143. The lowest BCUT2D eigenvalue weighted by Crippen LogP contribution is -2.21. The highest BCUT2D eigenvalue weighted by atomic mass is 16.7. The average Bonchev–Trinajstić information content (AvgIpc) is 2.35. The van der Waals surface area contributed by atoms with Crippen LogP contribution in [0.25, 0.3) is 0 Å². The van der Waals surface area contributed by atoms with E-state index in [2.05, 4.69) is 0 Å². The second kappa shape index (κ2) is 1.78. The third-order valence-corrected chi connectivity index (χ3v) is 1.86. The molecule has 0 bridgehead atoms. The van der Waals surface area contributed by atoms with Crippen molar-refractivity contribution in [2.75, 3.05) is 6.79 Å². The molecule has 2 aliphatic rings. The molecule has 0 aromatic rings. The molecular formula is C6H8O3. The summed E-state index contributed by atoms with van der Waals surface area (Å²) < 4.78 is 10.1. The maximum atomic E-state index is 10.9. The second-order valence-electron chi connectivity index (χ2n) is 2.42. The van der Waals surface area contributed by atoms with Crippen molar-refractivity contribution in [1.82, 2.24) is 0 Å². The molecule has 0 spiro atoms. The van der Waals surface area contributed by atoms with Crippen LogP contribution in [0.5, 0.6) is 0 Å². The summed E-state index contributed by atoms with van der Waals surface area (Å²) in [6, 6.07) is 0. The van der Waals surface area contributed by atoms with E-state index in [1.54, 1.807) is 0 Å². The summed E-state index contributed by atoms with van der Waals surface area (Å²) in [4.78, 5) is 10.9. The van der Waals surface area contributed by atoms with E-state index in [1.807, 2.05) is 0 Å². The van der Waals surface area contributed by atoms with Crippen LogP contribution in [0.3, 0.4) is 0 Å². The van der Waals surface area contributed by atoms with Gasteiger partial charge in [0.2, 0.25) is 0 Å². The number of hydrogen-bond acceptors (Lipinski definition) is 3. The van der Waals surface area contributed by atoms with Gasteiger partial charge in [-0.3, -0.25) is 4.79 Å². The Morgan fingerprint density at radius 2 is 2.33 bits per heavy atom. The first-order valence-electron chi connectivity index (χ1n) is 3.14. The van der Waals surface area contributed by atoms with Crippen LogP contribution in [-0.2, 0) is 14.3 Å². The maximum Gasteiger partial charge on any atom is 0.164 e. The summed E-state index contributed by atoms with van der Waals surface area (Å²) in [6.07, 6.45) is 1.35. The fraction of sp³-hybridized carbons (Fsp3) is 0.833. The zero-order chi connectivity index (χ0) is 6.27. The standard InChI is InChI=1S/C6H8O3/c7-4-1-2-5-6(4)9-3-8-5/h5-6H,1-3H2. The monoisotopic (exact) mass is 128 g/mol. The predicted molar refractivity (Wildman–Crippen MR) is 28.9 cm³/mol. The molecule has 2 fully saturated rings. The topological polar surface area (TPSA) is 35.5 Å². The quantitative estimate of drug-likeness (QED) is 0.464. The van der Waals surface area contributed by atoms with Gasteiger partial charge in [0.1, 0.15) is 12.9 Å². The van der Waals surface area contributed by atoms with Crippen molar-refractivity contribution in [2.24, 2.45) is 0 Å². The number of Topliss-reactive ketones (excluding diaryl/α,β-unsaturated/α-hetero) is 1. The highest BCUT2D eigenvalue weighted by Gasteiger charge is 2.40. The van der Waals surface area contributed by atoms with Gasteiger partial charge in [-0.1, -0.05) is 0 Å². The first kappa shape index (κ1) is 5.38. The molecule has 1 heterocycles. The third-order valence-electron chi connectivity index (χ3n) is 1.86. The van der Waals surface area contributed by atoms with Gasteiger partial charge in [0.05, 0.1) is 6.10 Å². The van der Waals surface area contributed by atoms with Gasteiger partial charge in [-0.25, -0.2) is 0 Å². The predicted octanol–water partition coefficient (Wildman–Crippen LogP) is 0.0908. The molecule has 0 radical (unpaired) electrons. The van der Waals surface area contributed by atoms with Crippen LogP contribution in [0.2, 0.25) is 0 Å². The molecule has 3 heteroatoms. The number of ketones is 1. The average molecular weight is 128 g/mol. The highest BCUT2D eigenvalue weighted by molar-refractivity contribution is 5.86. The minimum absolute atomic E-state index is 0.0810. The normalized spacial score (nSPS) is 41.6. The molecular weight excluding hydrogens is 120 g/mol. The molecule has 2 rings (SSSR count). The summed E-state index contributed by atoms with van der Waals surface area (Å²) in [5.74, 6) is 0.206. The molecule has 1 saturated heterocycles. The summed E-state index contributed by atoms with van der Waals surface area (Å²) in [5, 5.41) is 0. The van der Waals surface area contributed by atoms with Crippen LogP contribution < -0.4 is 0 Å². The molecule has 2 atom stereocenters. The Morgan fingerprint density at radius 1 is 1.44 bits per heavy atom. The van der Waals surface area contributed by atoms with Gasteiger partial charge in [-0.05, 0) is 6.42 Å². The summed E-state index contributed by atoms with van der Waals surface area (Å²) in [6.45, 7) is 0.307.